The molecule has 0 saturated carbocycles. The molecular weight excluding hydrogens is 288 g/mol. The Kier molecular flexibility index (Phi) is 5.17. The van der Waals surface area contributed by atoms with Gasteiger partial charge in [-0.1, -0.05) is 43.1 Å². The number of nitro groups is 1. The van der Waals surface area contributed by atoms with E-state index < -0.39 is 4.92 Å². The van der Waals surface area contributed by atoms with Gasteiger partial charge in [0, 0.05) is 5.69 Å². The van der Waals surface area contributed by atoms with Crippen molar-refractivity contribution in [1.29, 1.82) is 0 Å². The van der Waals surface area contributed by atoms with Crippen molar-refractivity contribution in [3.05, 3.63) is 63.2 Å². The van der Waals surface area contributed by atoms with Gasteiger partial charge >= 0.3 is 5.69 Å². The summed E-state index contributed by atoms with van der Waals surface area (Å²) in [6.45, 7) is 2.16. The zero-order valence-electron chi connectivity index (χ0n) is 11.8. The highest BCUT2D eigenvalue weighted by Crippen LogP contribution is 2.34. The Bertz CT molecular complexity index is 627. The van der Waals surface area contributed by atoms with Crippen LogP contribution < -0.4 is 5.32 Å². The lowest BCUT2D eigenvalue weighted by molar-refractivity contribution is -0.383. The Labute approximate surface area is 128 Å². The van der Waals surface area contributed by atoms with E-state index in [1.54, 1.807) is 12.1 Å². The van der Waals surface area contributed by atoms with Crippen molar-refractivity contribution in [3.63, 3.8) is 0 Å². The van der Waals surface area contributed by atoms with Crippen LogP contribution in [-0.4, -0.2) is 4.92 Å². The van der Waals surface area contributed by atoms with Crippen LogP contribution in [0.2, 0.25) is 5.02 Å². The van der Waals surface area contributed by atoms with Crippen LogP contribution in [0.25, 0.3) is 0 Å². The van der Waals surface area contributed by atoms with Gasteiger partial charge in [-0.25, -0.2) is 0 Å². The van der Waals surface area contributed by atoms with Crippen molar-refractivity contribution in [2.75, 3.05) is 5.32 Å². The summed E-state index contributed by atoms with van der Waals surface area (Å²) in [6, 6.07) is 12.8. The van der Waals surface area contributed by atoms with Crippen LogP contribution >= 0.6 is 11.6 Å². The van der Waals surface area contributed by atoms with Gasteiger partial charge in [0.15, 0.2) is 0 Å². The van der Waals surface area contributed by atoms with Crippen molar-refractivity contribution in [2.24, 2.45) is 0 Å². The molecule has 0 amide bonds. The molecule has 0 heterocycles. The number of nitro benzene ring substituents is 1. The lowest BCUT2D eigenvalue weighted by Gasteiger charge is -2.09. The lowest BCUT2D eigenvalue weighted by Crippen LogP contribution is -1.98. The van der Waals surface area contributed by atoms with Gasteiger partial charge in [-0.2, -0.15) is 0 Å². The van der Waals surface area contributed by atoms with Gasteiger partial charge in [0.25, 0.3) is 0 Å². The maximum Gasteiger partial charge on any atom is 0.311 e. The van der Waals surface area contributed by atoms with Crippen LogP contribution in [0, 0.1) is 10.1 Å². The highest BCUT2D eigenvalue weighted by Gasteiger charge is 2.18. The third-order valence-corrected chi connectivity index (χ3v) is 3.53. The Morgan fingerprint density at radius 2 is 1.90 bits per heavy atom. The van der Waals surface area contributed by atoms with Crippen LogP contribution in [0.15, 0.2) is 42.5 Å². The number of hydrogen-bond acceptors (Lipinski definition) is 3. The van der Waals surface area contributed by atoms with Gasteiger partial charge < -0.3 is 5.32 Å². The van der Waals surface area contributed by atoms with E-state index in [-0.39, 0.29) is 10.7 Å². The highest BCUT2D eigenvalue weighted by atomic mass is 35.5. The first kappa shape index (κ1) is 15.3. The molecule has 0 atom stereocenters. The molecule has 21 heavy (non-hydrogen) atoms. The average Bonchev–Trinajstić information content (AvgIpc) is 2.46. The molecule has 1 N–H and O–H groups in total. The largest absolute Gasteiger partial charge is 0.350 e. The predicted molar refractivity (Wildman–Crippen MR) is 86.4 cm³/mol. The molecule has 0 spiro atoms. The highest BCUT2D eigenvalue weighted by molar-refractivity contribution is 6.33. The van der Waals surface area contributed by atoms with E-state index in [1.165, 1.54) is 11.6 Å². The topological polar surface area (TPSA) is 55.2 Å². The summed E-state index contributed by atoms with van der Waals surface area (Å²) in [7, 11) is 0. The van der Waals surface area contributed by atoms with Gasteiger partial charge in [-0.15, -0.1) is 0 Å². The minimum absolute atomic E-state index is 0.103. The number of aryl methyl sites for hydroxylation is 1. The molecular formula is C16H17ClN2O2. The molecule has 2 rings (SSSR count). The molecule has 4 nitrogen and oxygen atoms in total. The molecule has 0 aromatic heterocycles. The predicted octanol–water partition coefficient (Wildman–Crippen LogP) is 5.33. The van der Waals surface area contributed by atoms with E-state index in [0.29, 0.717) is 5.69 Å². The Morgan fingerprint density at radius 1 is 1.19 bits per heavy atom. The lowest BCUT2D eigenvalue weighted by atomic mass is 10.1. The first-order valence-corrected chi connectivity index (χ1v) is 7.28. The summed E-state index contributed by atoms with van der Waals surface area (Å²) < 4.78 is 0. The third-order valence-electron chi connectivity index (χ3n) is 3.22. The zero-order valence-corrected chi connectivity index (χ0v) is 12.6. The molecule has 2 aromatic rings. The van der Waals surface area contributed by atoms with Crippen LogP contribution in [0.5, 0.6) is 0 Å². The maximum atomic E-state index is 11.1. The summed E-state index contributed by atoms with van der Waals surface area (Å²) in [6.07, 6.45) is 3.37. The molecule has 0 aliphatic rings. The summed E-state index contributed by atoms with van der Waals surface area (Å²) in [5.41, 5.74) is 2.37. The monoisotopic (exact) mass is 304 g/mol. The van der Waals surface area contributed by atoms with Gasteiger partial charge in [0.05, 0.1) is 4.92 Å². The van der Waals surface area contributed by atoms with E-state index >= 15 is 0 Å². The first-order valence-electron chi connectivity index (χ1n) is 6.90. The van der Waals surface area contributed by atoms with E-state index in [2.05, 4.69) is 12.2 Å². The molecule has 0 aliphatic heterocycles. The number of halogens is 1. The minimum atomic E-state index is -0.472. The fraction of sp³-hybridized carbons (Fsp3) is 0.250. The molecule has 2 aromatic carbocycles. The molecule has 0 bridgehead atoms. The Morgan fingerprint density at radius 3 is 2.52 bits per heavy atom. The second kappa shape index (κ2) is 7.09. The van der Waals surface area contributed by atoms with Gasteiger partial charge in [-0.05, 0) is 42.7 Å². The molecule has 0 saturated heterocycles. The van der Waals surface area contributed by atoms with Gasteiger partial charge in [-0.3, -0.25) is 10.1 Å². The van der Waals surface area contributed by atoms with Gasteiger partial charge in [0.2, 0.25) is 0 Å². The molecule has 0 unspecified atom stereocenters. The Hall–Kier alpha value is -2.07. The molecule has 0 fully saturated rings. The number of nitrogens with one attached hydrogen (secondary N) is 1. The quantitative estimate of drug-likeness (QED) is 0.579. The summed E-state index contributed by atoms with van der Waals surface area (Å²) in [4.78, 5) is 10.6. The smallest absolute Gasteiger partial charge is 0.311 e. The zero-order chi connectivity index (χ0) is 15.2. The van der Waals surface area contributed by atoms with Crippen LogP contribution in [0.1, 0.15) is 25.3 Å². The summed E-state index contributed by atoms with van der Waals surface area (Å²) in [5.74, 6) is 0. The average molecular weight is 305 g/mol. The second-order valence-corrected chi connectivity index (χ2v) is 5.23. The van der Waals surface area contributed by atoms with E-state index in [9.17, 15) is 10.1 Å². The normalized spacial score (nSPS) is 10.4. The van der Waals surface area contributed by atoms with Gasteiger partial charge in [0.1, 0.15) is 10.7 Å². The summed E-state index contributed by atoms with van der Waals surface area (Å²) in [5, 5.41) is 14.3. The molecule has 0 aliphatic carbocycles. The molecule has 110 valence electrons. The fourth-order valence-electron chi connectivity index (χ4n) is 2.09. The standard InChI is InChI=1S/C16H17ClN2O2/c1-2-3-5-12-8-10-13(11-9-12)18-15-7-4-6-14(17)16(15)19(20)21/h4,6-11,18H,2-3,5H2,1H3. The second-order valence-electron chi connectivity index (χ2n) is 4.82. The first-order chi connectivity index (χ1) is 10.1. The van der Waals surface area contributed by atoms with Crippen molar-refractivity contribution >= 4 is 28.7 Å². The van der Waals surface area contributed by atoms with Crippen LogP contribution in [0.3, 0.4) is 0 Å². The maximum absolute atomic E-state index is 11.1. The van der Waals surface area contributed by atoms with E-state index in [0.717, 1.165) is 24.9 Å². The van der Waals surface area contributed by atoms with Crippen molar-refractivity contribution in [2.45, 2.75) is 26.2 Å². The Balaban J connectivity index is 2.19. The molecule has 5 heteroatoms. The number of anilines is 2. The van der Waals surface area contributed by atoms with Crippen molar-refractivity contribution in [1.82, 2.24) is 0 Å². The number of benzene rings is 2. The molecule has 0 radical (unpaired) electrons. The van der Waals surface area contributed by atoms with E-state index in [1.807, 2.05) is 24.3 Å². The van der Waals surface area contributed by atoms with Crippen LogP contribution in [-0.2, 0) is 6.42 Å². The summed E-state index contributed by atoms with van der Waals surface area (Å²) >= 11 is 5.89. The number of nitrogens with zero attached hydrogens (tertiary/aromatic N) is 1. The van der Waals surface area contributed by atoms with E-state index in [4.69, 9.17) is 11.6 Å². The van der Waals surface area contributed by atoms with Crippen LogP contribution in [0.4, 0.5) is 17.1 Å². The fourth-order valence-corrected chi connectivity index (χ4v) is 2.34. The van der Waals surface area contributed by atoms with Crippen molar-refractivity contribution in [3.8, 4) is 0 Å². The third kappa shape index (κ3) is 3.95. The van der Waals surface area contributed by atoms with Crippen molar-refractivity contribution < 1.29 is 4.92 Å². The minimum Gasteiger partial charge on any atom is -0.350 e. The SMILES string of the molecule is CCCCc1ccc(Nc2cccc(Cl)c2[N+](=O)[O-])cc1. The number of unbranched alkanes of at least 4 members (excludes halogenated alkanes) is 1. The number of rotatable bonds is 6. The number of hydrogen-bond donors (Lipinski definition) is 1. The number of para-hydroxylation sites is 1.